The van der Waals surface area contributed by atoms with Crippen LogP contribution < -0.4 is 47.9 Å². The summed E-state index contributed by atoms with van der Waals surface area (Å²) in [5, 5.41) is 6.86. The van der Waals surface area contributed by atoms with Crippen LogP contribution in [0, 0.1) is 20.5 Å². The molecule has 4 aromatic heterocycles. The zero-order chi connectivity index (χ0) is 29.4. The van der Waals surface area contributed by atoms with E-state index in [-0.39, 0.29) is 16.5 Å². The van der Waals surface area contributed by atoms with Gasteiger partial charge in [-0.1, -0.05) is 24.3 Å². The van der Waals surface area contributed by atoms with E-state index in [9.17, 15) is 0 Å². The molecule has 4 heterocycles. The topological polar surface area (TPSA) is 260 Å². The van der Waals surface area contributed by atoms with E-state index in [0.717, 1.165) is 60.3 Å². The first-order chi connectivity index (χ1) is 18.9. The van der Waals surface area contributed by atoms with Crippen molar-refractivity contribution < 1.29 is 74.2 Å². The van der Waals surface area contributed by atoms with Crippen molar-refractivity contribution in [3.63, 3.8) is 0 Å². The molecule has 222 valence electrons. The average Bonchev–Trinajstić information content (AvgIpc) is 2.90. The molecule has 0 aliphatic rings. The third-order valence-electron chi connectivity index (χ3n) is 4.56. The van der Waals surface area contributed by atoms with Crippen molar-refractivity contribution in [2.24, 2.45) is 0 Å². The van der Waals surface area contributed by atoms with Crippen molar-refractivity contribution in [2.45, 2.75) is 13.1 Å². The second kappa shape index (κ2) is 18.7. The minimum absolute atomic E-state index is 0. The largest absolute Gasteiger partial charge is 2.00 e. The number of hydrogen-bond acceptors (Lipinski definition) is 14. The van der Waals surface area contributed by atoms with E-state index in [2.05, 4.69) is 30.6 Å². The van der Waals surface area contributed by atoms with Crippen LogP contribution in [0.2, 0.25) is 0 Å². The molecular weight excluding hydrogens is 630 g/mol. The molecule has 0 atom stereocenters. The predicted molar refractivity (Wildman–Crippen MR) is 118 cm³/mol. The van der Waals surface area contributed by atoms with E-state index in [1.54, 1.807) is 12.4 Å². The van der Waals surface area contributed by atoms with Crippen LogP contribution in [0.5, 0.6) is 0 Å². The third kappa shape index (κ3) is 18.3. The van der Waals surface area contributed by atoms with Crippen molar-refractivity contribution in [2.75, 3.05) is 13.1 Å². The molecule has 0 aromatic carbocycles. The quantitative estimate of drug-likeness (QED) is 0.126. The van der Waals surface area contributed by atoms with Crippen molar-refractivity contribution in [3.8, 4) is 22.8 Å². The maximum atomic E-state index is 8.49. The first-order valence-electron chi connectivity index (χ1n) is 11.3. The molecule has 0 unspecified atom stereocenters. The summed E-state index contributed by atoms with van der Waals surface area (Å²) >= 11 is 0. The molecule has 14 nitrogen and oxygen atoms in total. The van der Waals surface area contributed by atoms with Crippen molar-refractivity contribution in [1.29, 1.82) is 0 Å². The Morgan fingerprint density at radius 3 is 1.15 bits per heavy atom. The van der Waals surface area contributed by atoms with Gasteiger partial charge in [-0.05, 0) is 48.5 Å². The first-order valence-corrected chi connectivity index (χ1v) is 13.7. The zero-order valence-corrected chi connectivity index (χ0v) is 23.5. The minimum atomic E-state index is -4.94. The third-order valence-corrected chi connectivity index (χ3v) is 4.56. The van der Waals surface area contributed by atoms with E-state index >= 15 is 0 Å². The van der Waals surface area contributed by atoms with Crippen LogP contribution in [0.4, 0.5) is 0 Å². The summed E-state index contributed by atoms with van der Waals surface area (Å²) in [5.41, 5.74) is 5.58. The number of nitrogens with zero attached hydrogens (tertiary/aromatic N) is 4. The van der Waals surface area contributed by atoms with E-state index < -0.39 is 20.5 Å². The number of pyridine rings is 4. The van der Waals surface area contributed by atoms with Gasteiger partial charge in [0.25, 0.3) is 0 Å². The molecule has 17 heteroatoms. The summed E-state index contributed by atoms with van der Waals surface area (Å²) in [4.78, 5) is 18.1. The minimum Gasteiger partial charge on any atom is -0.310 e. The fourth-order valence-electron chi connectivity index (χ4n) is 3.08. The summed E-state index contributed by atoms with van der Waals surface area (Å²) in [7, 11) is -9.89. The molecule has 0 spiro atoms. The van der Waals surface area contributed by atoms with Gasteiger partial charge in [-0.3, -0.25) is 9.97 Å². The van der Waals surface area contributed by atoms with Gasteiger partial charge < -0.3 is 10.6 Å². The SMILES string of the molecule is [Ni+2].[O-][Cl+3]([O-])([O-])[O-].[O-][Cl+3]([O-])([O-])[O-].c1ccc(-c2cccc(CNCCNCc3cccc(-c4ccccn4)n3)n2)nc1. The summed E-state index contributed by atoms with van der Waals surface area (Å²) in [6.45, 7) is 3.12. The summed E-state index contributed by atoms with van der Waals surface area (Å²) in [6.07, 6.45) is 3.57. The second-order valence-electron chi connectivity index (χ2n) is 7.57. The van der Waals surface area contributed by atoms with Gasteiger partial charge in [0.1, 0.15) is 0 Å². The van der Waals surface area contributed by atoms with Crippen molar-refractivity contribution in [3.05, 3.63) is 96.6 Å². The Hall–Kier alpha value is -2.73. The molecule has 4 aromatic rings. The number of aromatic nitrogens is 4. The molecule has 4 rings (SSSR count). The summed E-state index contributed by atoms with van der Waals surface area (Å²) in [6, 6.07) is 23.8. The van der Waals surface area contributed by atoms with E-state index in [4.69, 9.17) is 37.3 Å². The fraction of sp³-hybridized carbons (Fsp3) is 0.167. The molecule has 0 saturated carbocycles. The van der Waals surface area contributed by atoms with Gasteiger partial charge in [-0.2, -0.15) is 0 Å². The maximum absolute atomic E-state index is 8.49. The van der Waals surface area contributed by atoms with Crippen LogP contribution in [0.3, 0.4) is 0 Å². The fourth-order valence-corrected chi connectivity index (χ4v) is 3.08. The average molecular weight is 654 g/mol. The van der Waals surface area contributed by atoms with Crippen LogP contribution in [0.25, 0.3) is 22.8 Å². The first kappa shape index (κ1) is 36.3. The molecular formula is C24H24Cl2N6NiO8. The van der Waals surface area contributed by atoms with Crippen LogP contribution >= 0.6 is 0 Å². The van der Waals surface area contributed by atoms with Gasteiger partial charge >= 0.3 is 16.5 Å². The van der Waals surface area contributed by atoms with E-state index in [1.807, 2.05) is 72.8 Å². The molecule has 0 amide bonds. The Balaban J connectivity index is 0.000000661. The molecule has 0 radical (unpaired) electrons. The monoisotopic (exact) mass is 652 g/mol. The van der Waals surface area contributed by atoms with Gasteiger partial charge in [0, 0.05) is 38.6 Å². The number of rotatable bonds is 9. The standard InChI is InChI=1S/C24H24N6.2ClHO4.Ni/c1-3-13-27-21(9-1)23-11-5-7-19(29-23)17-25-15-16-26-18-20-8-6-12-24(30-20)22-10-2-4-14-28-22;2*2-1(3,4)5;/h1-14,25-26H,15-18H2;2*(H,2,3,4,5);/q;;;+2/p-2. The molecule has 0 aliphatic carbocycles. The van der Waals surface area contributed by atoms with Crippen molar-refractivity contribution >= 4 is 0 Å². The molecule has 0 fully saturated rings. The van der Waals surface area contributed by atoms with E-state index in [1.165, 1.54) is 0 Å². The number of nitrogens with one attached hydrogen (secondary N) is 2. The Morgan fingerprint density at radius 2 is 0.829 bits per heavy atom. The Bertz CT molecular complexity index is 1160. The van der Waals surface area contributed by atoms with Crippen LogP contribution in [-0.2, 0) is 29.6 Å². The Kier molecular flexibility index (Phi) is 16.5. The normalized spacial score (nSPS) is 10.8. The number of halogens is 2. The molecule has 0 aliphatic heterocycles. The van der Waals surface area contributed by atoms with E-state index in [0.29, 0.717) is 0 Å². The van der Waals surface area contributed by atoms with Crippen LogP contribution in [0.15, 0.2) is 85.2 Å². The van der Waals surface area contributed by atoms with Gasteiger partial charge in [0.05, 0.1) is 34.2 Å². The van der Waals surface area contributed by atoms with Gasteiger partial charge in [0.15, 0.2) is 0 Å². The van der Waals surface area contributed by atoms with Crippen LogP contribution in [-0.4, -0.2) is 33.0 Å². The van der Waals surface area contributed by atoms with Crippen molar-refractivity contribution in [1.82, 2.24) is 30.6 Å². The molecule has 0 bridgehead atoms. The predicted octanol–water partition coefficient (Wildman–Crippen LogP) is -6.03. The Morgan fingerprint density at radius 1 is 0.488 bits per heavy atom. The van der Waals surface area contributed by atoms with Gasteiger partial charge in [0.2, 0.25) is 0 Å². The van der Waals surface area contributed by atoms with Gasteiger partial charge in [-0.25, -0.2) is 47.2 Å². The molecule has 41 heavy (non-hydrogen) atoms. The molecule has 2 N–H and O–H groups in total. The Labute approximate surface area is 249 Å². The van der Waals surface area contributed by atoms with Gasteiger partial charge in [-0.15, -0.1) is 20.5 Å². The zero-order valence-electron chi connectivity index (χ0n) is 21.0. The summed E-state index contributed by atoms with van der Waals surface area (Å²) in [5.74, 6) is 0. The molecule has 0 saturated heterocycles. The maximum Gasteiger partial charge on any atom is 2.00 e. The smallest absolute Gasteiger partial charge is 0.310 e. The number of hydrogen-bond donors (Lipinski definition) is 2. The summed E-state index contributed by atoms with van der Waals surface area (Å²) < 4.78 is 67.9. The van der Waals surface area contributed by atoms with Crippen LogP contribution in [0.1, 0.15) is 11.4 Å². The second-order valence-corrected chi connectivity index (χ2v) is 9.08.